The predicted octanol–water partition coefficient (Wildman–Crippen LogP) is 18.6. The van der Waals surface area contributed by atoms with Crippen molar-refractivity contribution in [1.29, 1.82) is 0 Å². The van der Waals surface area contributed by atoms with Gasteiger partial charge >= 0.3 is 0 Å². The van der Waals surface area contributed by atoms with E-state index in [1.54, 1.807) is 0 Å². The van der Waals surface area contributed by atoms with Crippen molar-refractivity contribution in [2.24, 2.45) is 0 Å². The van der Waals surface area contributed by atoms with Gasteiger partial charge in [-0.2, -0.15) is 0 Å². The predicted molar refractivity (Wildman–Crippen MR) is 283 cm³/mol. The Labute approximate surface area is 399 Å². The molecule has 0 N–H and O–H groups in total. The second kappa shape index (κ2) is 28.1. The summed E-state index contributed by atoms with van der Waals surface area (Å²) in [4.78, 5) is 0. The van der Waals surface area contributed by atoms with Gasteiger partial charge in [0.1, 0.15) is 11.5 Å². The Balaban J connectivity index is 1.62. The van der Waals surface area contributed by atoms with E-state index in [0.717, 1.165) is 120 Å². The topological polar surface area (TPSA) is 55.4 Å². The molecule has 6 heteroatoms. The zero-order valence-electron chi connectivity index (χ0n) is 42.3. The van der Waals surface area contributed by atoms with E-state index in [9.17, 15) is 0 Å². The van der Waals surface area contributed by atoms with Crippen LogP contribution in [0.2, 0.25) is 0 Å². The summed E-state index contributed by atoms with van der Waals surface area (Å²) in [5.41, 5.74) is 0. The molecule has 66 heavy (non-hydrogen) atoms. The molecule has 0 radical (unpaired) electrons. The minimum Gasteiger partial charge on any atom is -0.494 e. The van der Waals surface area contributed by atoms with Crippen LogP contribution >= 0.6 is 0 Å². The maximum Gasteiger partial charge on any atom is 0.161 e. The highest BCUT2D eigenvalue weighted by Gasteiger charge is 2.23. The van der Waals surface area contributed by atoms with Crippen LogP contribution < -0.4 is 28.4 Å². The maximum absolute atomic E-state index is 6.74. The van der Waals surface area contributed by atoms with Gasteiger partial charge in [0.2, 0.25) is 0 Å². The lowest BCUT2D eigenvalue weighted by atomic mass is 9.85. The molecular formula is C60H86O6. The minimum absolute atomic E-state index is 0.665. The molecule has 0 saturated heterocycles. The third-order valence-corrected chi connectivity index (χ3v) is 13.4. The van der Waals surface area contributed by atoms with Gasteiger partial charge in [-0.25, -0.2) is 0 Å². The first kappa shape index (κ1) is 51.1. The van der Waals surface area contributed by atoms with Crippen molar-refractivity contribution in [2.45, 2.75) is 196 Å². The molecular weight excluding hydrogens is 817 g/mol. The number of ether oxygens (including phenoxy) is 6. The van der Waals surface area contributed by atoms with Crippen LogP contribution in [0.15, 0.2) is 48.5 Å². The first-order valence-corrected chi connectivity index (χ1v) is 27.1. The number of unbranched alkanes of at least 4 members (excludes halogenated alkanes) is 18. The Morgan fingerprint density at radius 1 is 0.227 bits per heavy atom. The van der Waals surface area contributed by atoms with Crippen LogP contribution in [0.25, 0.3) is 53.9 Å². The SMILES string of the molecule is CCCCCCOc1cc2c3cc(OCCCCCC)c(OCCCCCC)cc3c3cc(OCCCCCC)cc4c5cc(OCCCCCC)c(OCCCCCC)cc5c(c1)c2c34. The van der Waals surface area contributed by atoms with Crippen molar-refractivity contribution in [1.82, 2.24) is 0 Å². The summed E-state index contributed by atoms with van der Waals surface area (Å²) in [6.07, 6.45) is 27.6. The molecule has 0 heterocycles. The van der Waals surface area contributed by atoms with E-state index < -0.39 is 0 Å². The Bertz CT molecular complexity index is 2020. The summed E-state index contributed by atoms with van der Waals surface area (Å²) in [7, 11) is 0. The third kappa shape index (κ3) is 13.9. The van der Waals surface area contributed by atoms with Gasteiger partial charge in [0.15, 0.2) is 23.0 Å². The summed E-state index contributed by atoms with van der Waals surface area (Å²) in [5.74, 6) is 5.08. The first-order chi connectivity index (χ1) is 32.6. The molecule has 6 aromatic rings. The number of fused-ring (bicyclic) bond motifs is 6. The lowest BCUT2D eigenvalue weighted by molar-refractivity contribution is 0.259. The van der Waals surface area contributed by atoms with Gasteiger partial charge < -0.3 is 28.4 Å². The van der Waals surface area contributed by atoms with Crippen LogP contribution in [-0.4, -0.2) is 39.6 Å². The number of hydrogen-bond donors (Lipinski definition) is 0. The van der Waals surface area contributed by atoms with E-state index >= 15 is 0 Å². The fraction of sp³-hybridized carbons (Fsp3) is 0.600. The molecule has 0 aliphatic heterocycles. The summed E-state index contributed by atoms with van der Waals surface area (Å²) >= 11 is 0. The van der Waals surface area contributed by atoms with Gasteiger partial charge in [-0.3, -0.25) is 0 Å². The van der Waals surface area contributed by atoms with Gasteiger partial charge in [-0.15, -0.1) is 0 Å². The molecule has 0 bridgehead atoms. The van der Waals surface area contributed by atoms with E-state index in [1.807, 2.05) is 0 Å². The van der Waals surface area contributed by atoms with Crippen molar-refractivity contribution >= 4 is 53.9 Å². The van der Waals surface area contributed by atoms with Crippen molar-refractivity contribution in [3.63, 3.8) is 0 Å². The van der Waals surface area contributed by atoms with E-state index in [4.69, 9.17) is 28.4 Å². The fourth-order valence-electron chi connectivity index (χ4n) is 9.53. The van der Waals surface area contributed by atoms with Crippen LogP contribution in [0.3, 0.4) is 0 Å². The Morgan fingerprint density at radius 2 is 0.439 bits per heavy atom. The van der Waals surface area contributed by atoms with E-state index in [0.29, 0.717) is 39.6 Å². The lowest BCUT2D eigenvalue weighted by Gasteiger charge is -2.22. The van der Waals surface area contributed by atoms with E-state index in [1.165, 1.54) is 122 Å². The second-order valence-electron chi connectivity index (χ2n) is 18.9. The van der Waals surface area contributed by atoms with Gasteiger partial charge in [0, 0.05) is 0 Å². The molecule has 0 saturated carbocycles. The molecule has 0 aliphatic carbocycles. The monoisotopic (exact) mass is 903 g/mol. The van der Waals surface area contributed by atoms with Crippen LogP contribution in [0, 0.1) is 0 Å². The summed E-state index contributed by atoms with van der Waals surface area (Å²) in [6.45, 7) is 17.6. The summed E-state index contributed by atoms with van der Waals surface area (Å²) in [6, 6.07) is 18.3. The fourth-order valence-corrected chi connectivity index (χ4v) is 9.53. The highest BCUT2D eigenvalue weighted by Crippen LogP contribution is 2.51. The minimum atomic E-state index is 0.665. The van der Waals surface area contributed by atoms with Gasteiger partial charge in [0.05, 0.1) is 39.6 Å². The van der Waals surface area contributed by atoms with Crippen molar-refractivity contribution in [3.8, 4) is 34.5 Å². The molecule has 6 nitrogen and oxygen atoms in total. The zero-order chi connectivity index (χ0) is 46.4. The number of benzene rings is 6. The van der Waals surface area contributed by atoms with Crippen LogP contribution in [0.5, 0.6) is 34.5 Å². The summed E-state index contributed by atoms with van der Waals surface area (Å²) < 4.78 is 40.4. The number of hydrogen-bond acceptors (Lipinski definition) is 6. The second-order valence-corrected chi connectivity index (χ2v) is 18.9. The molecule has 0 aliphatic rings. The Kier molecular flexibility index (Phi) is 21.8. The molecule has 0 fully saturated rings. The average molecular weight is 903 g/mol. The standard InChI is InChI=1S/C60H86O6/c1-7-13-19-25-31-61-45-37-51-47-41-55(63-33-27-21-15-9-3)57(65-35-29-23-17-11-5)43-49(47)53-39-46(62-32-26-20-14-8-2)40-54-50-44-58(66-36-30-24-18-12-6)56(64-34-28-22-16-10-4)42-48(50)52(38-45)59(51)60(53)54/h37-44H,7-36H2,1-6H3. The van der Waals surface area contributed by atoms with Crippen molar-refractivity contribution < 1.29 is 28.4 Å². The van der Waals surface area contributed by atoms with E-state index in [-0.39, 0.29) is 0 Å². The third-order valence-electron chi connectivity index (χ3n) is 13.4. The average Bonchev–Trinajstić information content (AvgIpc) is 3.33. The van der Waals surface area contributed by atoms with E-state index in [2.05, 4.69) is 90.1 Å². The molecule has 0 atom stereocenters. The molecule has 0 unspecified atom stereocenters. The number of rotatable bonds is 36. The summed E-state index contributed by atoms with van der Waals surface area (Å²) in [5, 5.41) is 11.7. The Morgan fingerprint density at radius 3 is 0.652 bits per heavy atom. The van der Waals surface area contributed by atoms with Gasteiger partial charge in [-0.1, -0.05) is 157 Å². The smallest absolute Gasteiger partial charge is 0.161 e. The van der Waals surface area contributed by atoms with Crippen LogP contribution in [-0.2, 0) is 0 Å². The first-order valence-electron chi connectivity index (χ1n) is 27.1. The normalized spacial score (nSPS) is 11.8. The van der Waals surface area contributed by atoms with Crippen molar-refractivity contribution in [3.05, 3.63) is 48.5 Å². The van der Waals surface area contributed by atoms with Gasteiger partial charge in [-0.05, 0) is 141 Å². The Hall–Kier alpha value is -4.32. The van der Waals surface area contributed by atoms with Crippen LogP contribution in [0.1, 0.15) is 196 Å². The van der Waals surface area contributed by atoms with Crippen LogP contribution in [0.4, 0.5) is 0 Å². The molecule has 6 aromatic carbocycles. The molecule has 0 aromatic heterocycles. The lowest BCUT2D eigenvalue weighted by Crippen LogP contribution is -2.04. The van der Waals surface area contributed by atoms with Crippen molar-refractivity contribution in [2.75, 3.05) is 39.6 Å². The highest BCUT2D eigenvalue weighted by molar-refractivity contribution is 6.40. The van der Waals surface area contributed by atoms with Gasteiger partial charge in [0.25, 0.3) is 0 Å². The quantitative estimate of drug-likeness (QED) is 0.0222. The highest BCUT2D eigenvalue weighted by atomic mass is 16.5. The molecule has 0 spiro atoms. The zero-order valence-corrected chi connectivity index (χ0v) is 42.3. The molecule has 0 amide bonds. The largest absolute Gasteiger partial charge is 0.494 e. The molecule has 6 rings (SSSR count). The maximum atomic E-state index is 6.74. The molecule has 362 valence electrons.